The lowest BCUT2D eigenvalue weighted by atomic mass is 10.1. The van der Waals surface area contributed by atoms with Crippen LogP contribution in [-0.4, -0.2) is 37.1 Å². The Bertz CT molecular complexity index is 1150. The van der Waals surface area contributed by atoms with Crippen LogP contribution in [0.1, 0.15) is 10.4 Å². The van der Waals surface area contributed by atoms with E-state index in [9.17, 15) is 19.7 Å². The highest BCUT2D eigenvalue weighted by Crippen LogP contribution is 2.30. The Kier molecular flexibility index (Phi) is 4.96. The first-order chi connectivity index (χ1) is 14.0. The highest BCUT2D eigenvalue weighted by atomic mass is 16.6. The topological polar surface area (TPSA) is 115 Å². The van der Waals surface area contributed by atoms with Gasteiger partial charge in [-0.2, -0.15) is 0 Å². The van der Waals surface area contributed by atoms with Gasteiger partial charge >= 0.3 is 5.63 Å². The predicted octanol–water partition coefficient (Wildman–Crippen LogP) is 2.79. The second kappa shape index (κ2) is 7.72. The van der Waals surface area contributed by atoms with E-state index >= 15 is 0 Å². The van der Waals surface area contributed by atoms with Crippen molar-refractivity contribution in [3.05, 3.63) is 74.6 Å². The van der Waals surface area contributed by atoms with E-state index in [4.69, 9.17) is 9.15 Å². The number of anilines is 2. The van der Waals surface area contributed by atoms with Crippen molar-refractivity contribution in [1.29, 1.82) is 0 Å². The first-order valence-electron chi connectivity index (χ1n) is 8.98. The summed E-state index contributed by atoms with van der Waals surface area (Å²) in [6, 6.07) is 12.2. The molecule has 3 aromatic rings. The van der Waals surface area contributed by atoms with E-state index in [2.05, 4.69) is 5.32 Å². The highest BCUT2D eigenvalue weighted by Gasteiger charge is 2.23. The quantitative estimate of drug-likeness (QED) is 0.410. The molecule has 1 aliphatic heterocycles. The van der Waals surface area contributed by atoms with Crippen LogP contribution in [0.15, 0.2) is 57.7 Å². The standard InChI is InChI=1S/C20H17N3O6/c24-19-6-2-13-11-15(3-5-18(13)29-19)21-20(25)14-1-4-16(17(12-14)23(26)27)22-7-9-28-10-8-22/h1-6,11-12H,7-10H2,(H,21,25). The molecule has 1 saturated heterocycles. The van der Waals surface area contributed by atoms with Crippen molar-refractivity contribution < 1.29 is 18.9 Å². The smallest absolute Gasteiger partial charge is 0.336 e. The number of nitro groups is 1. The molecule has 2 heterocycles. The van der Waals surface area contributed by atoms with Gasteiger partial charge in [-0.3, -0.25) is 14.9 Å². The van der Waals surface area contributed by atoms with Gasteiger partial charge in [-0.1, -0.05) is 0 Å². The Morgan fingerprint density at radius 2 is 1.86 bits per heavy atom. The van der Waals surface area contributed by atoms with Gasteiger partial charge in [0.25, 0.3) is 11.6 Å². The molecule has 0 spiro atoms. The van der Waals surface area contributed by atoms with Crippen LogP contribution in [0.3, 0.4) is 0 Å². The summed E-state index contributed by atoms with van der Waals surface area (Å²) in [7, 11) is 0. The van der Waals surface area contributed by atoms with Gasteiger partial charge in [-0.25, -0.2) is 4.79 Å². The number of hydrogen-bond acceptors (Lipinski definition) is 7. The average molecular weight is 395 g/mol. The van der Waals surface area contributed by atoms with Crippen LogP contribution in [-0.2, 0) is 4.74 Å². The molecule has 1 aliphatic rings. The Labute approximate surface area is 164 Å². The molecular weight excluding hydrogens is 378 g/mol. The molecule has 1 aromatic heterocycles. The van der Waals surface area contributed by atoms with Crippen molar-refractivity contribution in [2.75, 3.05) is 36.5 Å². The van der Waals surface area contributed by atoms with Gasteiger partial charge in [0.2, 0.25) is 0 Å². The van der Waals surface area contributed by atoms with Crippen molar-refractivity contribution in [3.63, 3.8) is 0 Å². The maximum atomic E-state index is 12.6. The van der Waals surface area contributed by atoms with Gasteiger partial charge < -0.3 is 19.4 Å². The fraction of sp³-hybridized carbons (Fsp3) is 0.200. The van der Waals surface area contributed by atoms with Crippen LogP contribution < -0.4 is 15.8 Å². The summed E-state index contributed by atoms with van der Waals surface area (Å²) < 4.78 is 10.3. The molecular formula is C20H17N3O6. The molecule has 9 nitrogen and oxygen atoms in total. The normalized spacial score (nSPS) is 14.0. The van der Waals surface area contributed by atoms with Gasteiger partial charge in [0.15, 0.2) is 0 Å². The minimum Gasteiger partial charge on any atom is -0.423 e. The molecule has 148 valence electrons. The van der Waals surface area contributed by atoms with Gasteiger partial charge in [-0.15, -0.1) is 0 Å². The molecule has 0 unspecified atom stereocenters. The first-order valence-corrected chi connectivity index (χ1v) is 8.98. The van der Waals surface area contributed by atoms with Crippen LogP contribution in [0.25, 0.3) is 11.0 Å². The molecule has 2 aromatic carbocycles. The maximum Gasteiger partial charge on any atom is 0.336 e. The zero-order valence-electron chi connectivity index (χ0n) is 15.3. The second-order valence-corrected chi connectivity index (χ2v) is 6.52. The molecule has 1 fully saturated rings. The van der Waals surface area contributed by atoms with E-state index in [1.165, 1.54) is 12.1 Å². The zero-order chi connectivity index (χ0) is 20.4. The lowest BCUT2D eigenvalue weighted by Crippen LogP contribution is -2.36. The number of rotatable bonds is 4. The van der Waals surface area contributed by atoms with E-state index < -0.39 is 16.5 Å². The van der Waals surface area contributed by atoms with Crippen LogP contribution in [0.4, 0.5) is 17.1 Å². The van der Waals surface area contributed by atoms with Gasteiger partial charge in [0.1, 0.15) is 11.3 Å². The molecule has 0 atom stereocenters. The third kappa shape index (κ3) is 3.94. The second-order valence-electron chi connectivity index (χ2n) is 6.52. The lowest BCUT2D eigenvalue weighted by Gasteiger charge is -2.28. The summed E-state index contributed by atoms with van der Waals surface area (Å²) in [4.78, 5) is 36.8. The predicted molar refractivity (Wildman–Crippen MR) is 107 cm³/mol. The van der Waals surface area contributed by atoms with E-state index in [1.54, 1.807) is 36.4 Å². The van der Waals surface area contributed by atoms with Crippen LogP contribution in [0.5, 0.6) is 0 Å². The monoisotopic (exact) mass is 395 g/mol. The molecule has 29 heavy (non-hydrogen) atoms. The molecule has 0 saturated carbocycles. The SMILES string of the molecule is O=C(Nc1ccc2oc(=O)ccc2c1)c1ccc(N2CCOCC2)c([N+](=O)[O-])c1. The fourth-order valence-electron chi connectivity index (χ4n) is 3.24. The third-order valence-corrected chi connectivity index (χ3v) is 4.66. The molecule has 0 bridgehead atoms. The van der Waals surface area contributed by atoms with Crippen molar-refractivity contribution in [1.82, 2.24) is 0 Å². The van der Waals surface area contributed by atoms with E-state index in [1.807, 2.05) is 4.90 Å². The molecule has 1 N–H and O–H groups in total. The van der Waals surface area contributed by atoms with Crippen LogP contribution in [0.2, 0.25) is 0 Å². The molecule has 0 radical (unpaired) electrons. The number of benzene rings is 2. The number of ether oxygens (including phenoxy) is 1. The van der Waals surface area contributed by atoms with E-state index in [0.717, 1.165) is 0 Å². The number of nitrogens with zero attached hydrogens (tertiary/aromatic N) is 2. The summed E-state index contributed by atoms with van der Waals surface area (Å²) in [6.07, 6.45) is 0. The van der Waals surface area contributed by atoms with Crippen molar-refractivity contribution in [3.8, 4) is 0 Å². The Balaban J connectivity index is 1.59. The molecule has 0 aliphatic carbocycles. The van der Waals surface area contributed by atoms with Gasteiger partial charge in [0, 0.05) is 41.9 Å². The van der Waals surface area contributed by atoms with E-state index in [-0.39, 0.29) is 11.3 Å². The van der Waals surface area contributed by atoms with Crippen molar-refractivity contribution in [2.45, 2.75) is 0 Å². The Hall–Kier alpha value is -3.72. The third-order valence-electron chi connectivity index (χ3n) is 4.66. The number of hydrogen-bond donors (Lipinski definition) is 1. The fourth-order valence-corrected chi connectivity index (χ4v) is 3.24. The molecule has 9 heteroatoms. The largest absolute Gasteiger partial charge is 0.423 e. The summed E-state index contributed by atoms with van der Waals surface area (Å²) in [5.74, 6) is -0.474. The minimum absolute atomic E-state index is 0.125. The Morgan fingerprint density at radius 3 is 2.62 bits per heavy atom. The van der Waals surface area contributed by atoms with Crippen LogP contribution >= 0.6 is 0 Å². The minimum atomic E-state index is -0.486. The number of nitro benzene ring substituents is 1. The summed E-state index contributed by atoms with van der Waals surface area (Å²) in [5, 5.41) is 14.9. The maximum absolute atomic E-state index is 12.6. The number of carbonyl (C=O) groups excluding carboxylic acids is 1. The highest BCUT2D eigenvalue weighted by molar-refractivity contribution is 6.05. The number of morpholine rings is 1. The lowest BCUT2D eigenvalue weighted by molar-refractivity contribution is -0.384. The zero-order valence-corrected chi connectivity index (χ0v) is 15.3. The molecule has 4 rings (SSSR count). The summed E-state index contributed by atoms with van der Waals surface area (Å²) in [5.41, 5.74) is 0.947. The van der Waals surface area contributed by atoms with Gasteiger partial charge in [-0.05, 0) is 36.4 Å². The number of nitrogens with one attached hydrogen (secondary N) is 1. The number of carbonyl (C=O) groups is 1. The number of fused-ring (bicyclic) bond motifs is 1. The first kappa shape index (κ1) is 18.6. The number of amides is 1. The van der Waals surface area contributed by atoms with Crippen LogP contribution in [0, 0.1) is 10.1 Å². The average Bonchev–Trinajstić information content (AvgIpc) is 2.74. The van der Waals surface area contributed by atoms with Crippen molar-refractivity contribution in [2.24, 2.45) is 0 Å². The van der Waals surface area contributed by atoms with Gasteiger partial charge in [0.05, 0.1) is 18.1 Å². The van der Waals surface area contributed by atoms with Crippen molar-refractivity contribution >= 4 is 33.9 Å². The molecule has 1 amide bonds. The summed E-state index contributed by atoms with van der Waals surface area (Å²) in [6.45, 7) is 2.11. The van der Waals surface area contributed by atoms with E-state index in [0.29, 0.717) is 48.6 Å². The summed E-state index contributed by atoms with van der Waals surface area (Å²) >= 11 is 0. The Morgan fingerprint density at radius 1 is 1.07 bits per heavy atom.